The van der Waals surface area contributed by atoms with Gasteiger partial charge in [0.2, 0.25) is 0 Å². The van der Waals surface area contributed by atoms with Gasteiger partial charge in [-0.3, -0.25) is 9.67 Å². The largest absolute Gasteiger partial charge is 0.416 e. The van der Waals surface area contributed by atoms with Crippen LogP contribution in [0, 0.1) is 13.8 Å². The summed E-state index contributed by atoms with van der Waals surface area (Å²) in [4.78, 5) is 15.7. The molecule has 5 rings (SSSR count). The van der Waals surface area contributed by atoms with E-state index >= 15 is 0 Å². The molecular weight excluding hydrogens is 514 g/mol. The lowest BCUT2D eigenvalue weighted by Crippen LogP contribution is -2.37. The maximum absolute atomic E-state index is 14.0. The average molecular weight is 544 g/mol. The Balaban J connectivity index is 1.44. The van der Waals surface area contributed by atoms with Gasteiger partial charge >= 0.3 is 6.18 Å². The fourth-order valence-electron chi connectivity index (χ4n) is 5.03. The van der Waals surface area contributed by atoms with Crippen molar-refractivity contribution in [3.8, 4) is 0 Å². The molecule has 3 aromatic heterocycles. The van der Waals surface area contributed by atoms with Crippen LogP contribution in [0.1, 0.15) is 35.5 Å². The third-order valence-corrected chi connectivity index (χ3v) is 10.0. The standard InChI is InChI=1S/C26H29F3N7OP/c1-16-20(6-5-7-22(16)26(27,28)29)17(2)32-25-21-12-24(30-14-23(21)33-18(3)34-25)38(37)10-8-36(9-11-38)19-13-31-35(4)15-19/h5-7,12-15,17H,8-11H2,1-4H3,(H,32,33,34)/t17-/m1/s1. The maximum atomic E-state index is 14.0. The number of aromatic nitrogens is 5. The van der Waals surface area contributed by atoms with Crippen LogP contribution < -0.4 is 15.7 Å². The molecule has 0 unspecified atom stereocenters. The van der Waals surface area contributed by atoms with Gasteiger partial charge in [0.15, 0.2) is 0 Å². The van der Waals surface area contributed by atoms with Crippen LogP contribution >= 0.6 is 7.14 Å². The Hall–Kier alpha value is -3.46. The van der Waals surface area contributed by atoms with Crippen molar-refractivity contribution in [2.75, 3.05) is 35.6 Å². The summed E-state index contributed by atoms with van der Waals surface area (Å²) in [6.07, 6.45) is 1.88. The number of halogens is 3. The lowest BCUT2D eigenvalue weighted by molar-refractivity contribution is -0.138. The molecule has 4 heterocycles. The van der Waals surface area contributed by atoms with Gasteiger partial charge in [0, 0.05) is 44.0 Å². The molecule has 1 aliphatic rings. The van der Waals surface area contributed by atoms with Crippen LogP contribution in [-0.4, -0.2) is 50.1 Å². The molecule has 1 fully saturated rings. The summed E-state index contributed by atoms with van der Waals surface area (Å²) in [5, 5.41) is 8.14. The number of alkyl halides is 3. The third kappa shape index (κ3) is 4.99. The number of hydrogen-bond acceptors (Lipinski definition) is 7. The van der Waals surface area contributed by atoms with E-state index in [0.29, 0.717) is 59.0 Å². The first kappa shape index (κ1) is 26.2. The van der Waals surface area contributed by atoms with Crippen molar-refractivity contribution in [3.05, 3.63) is 65.4 Å². The van der Waals surface area contributed by atoms with E-state index in [1.165, 1.54) is 13.0 Å². The summed E-state index contributed by atoms with van der Waals surface area (Å²) in [6.45, 7) is 6.28. The molecule has 0 saturated carbocycles. The Kier molecular flexibility index (Phi) is 6.67. The van der Waals surface area contributed by atoms with Crippen molar-refractivity contribution in [2.45, 2.75) is 33.0 Å². The molecule has 1 N–H and O–H groups in total. The number of benzene rings is 1. The highest BCUT2D eigenvalue weighted by Gasteiger charge is 2.34. The highest BCUT2D eigenvalue weighted by molar-refractivity contribution is 7.71. The molecule has 1 saturated heterocycles. The summed E-state index contributed by atoms with van der Waals surface area (Å²) in [6, 6.07) is 5.50. The van der Waals surface area contributed by atoms with Gasteiger partial charge in [-0.2, -0.15) is 18.3 Å². The van der Waals surface area contributed by atoms with E-state index in [4.69, 9.17) is 0 Å². The molecule has 38 heavy (non-hydrogen) atoms. The van der Waals surface area contributed by atoms with Crippen molar-refractivity contribution in [3.63, 3.8) is 0 Å². The van der Waals surface area contributed by atoms with Crippen molar-refractivity contribution in [1.82, 2.24) is 24.7 Å². The number of anilines is 2. The molecule has 0 aliphatic carbocycles. The number of pyridine rings is 1. The zero-order valence-corrected chi connectivity index (χ0v) is 22.5. The fraction of sp³-hybridized carbons (Fsp3) is 0.385. The molecule has 8 nitrogen and oxygen atoms in total. The molecule has 4 aromatic rings. The van der Waals surface area contributed by atoms with Crippen LogP contribution in [0.25, 0.3) is 10.9 Å². The Morgan fingerprint density at radius 3 is 2.50 bits per heavy atom. The SMILES string of the molecule is Cc1nc(N[C@H](C)c2cccc(C(F)(F)F)c2C)c2cc(P3(=O)CCN(c4cnn(C)c4)CC3)ncc2n1. The maximum Gasteiger partial charge on any atom is 0.416 e. The number of nitrogens with one attached hydrogen (secondary N) is 1. The number of aryl methyl sites for hydroxylation is 2. The smallest absolute Gasteiger partial charge is 0.368 e. The molecule has 200 valence electrons. The zero-order valence-electron chi connectivity index (χ0n) is 21.6. The first-order valence-corrected chi connectivity index (χ1v) is 14.4. The fourth-order valence-corrected chi connectivity index (χ4v) is 7.47. The third-order valence-electron chi connectivity index (χ3n) is 7.12. The molecule has 0 radical (unpaired) electrons. The summed E-state index contributed by atoms with van der Waals surface area (Å²) >= 11 is 0. The molecular formula is C26H29F3N7OP. The van der Waals surface area contributed by atoms with Crippen LogP contribution in [0.15, 0.2) is 42.9 Å². The monoisotopic (exact) mass is 543 g/mol. The van der Waals surface area contributed by atoms with Crippen LogP contribution in [0.5, 0.6) is 0 Å². The minimum absolute atomic E-state index is 0.169. The lowest BCUT2D eigenvalue weighted by atomic mass is 9.97. The van der Waals surface area contributed by atoms with Gasteiger partial charge < -0.3 is 14.8 Å². The van der Waals surface area contributed by atoms with Gasteiger partial charge in [0.25, 0.3) is 0 Å². The second-order valence-electron chi connectivity index (χ2n) is 9.76. The van der Waals surface area contributed by atoms with E-state index in [9.17, 15) is 17.7 Å². The molecule has 0 spiro atoms. The van der Waals surface area contributed by atoms with Gasteiger partial charge in [-0.05, 0) is 44.0 Å². The van der Waals surface area contributed by atoms with Gasteiger partial charge in [-0.1, -0.05) is 12.1 Å². The summed E-state index contributed by atoms with van der Waals surface area (Å²) in [5.41, 5.74) is 2.14. The second kappa shape index (κ2) is 9.69. The van der Waals surface area contributed by atoms with Gasteiger partial charge in [0.1, 0.15) is 24.2 Å². The molecule has 12 heteroatoms. The van der Waals surface area contributed by atoms with Crippen molar-refractivity contribution in [1.29, 1.82) is 0 Å². The molecule has 0 amide bonds. The van der Waals surface area contributed by atoms with Crippen LogP contribution in [0.3, 0.4) is 0 Å². The minimum atomic E-state index is -4.43. The molecule has 1 aromatic carbocycles. The summed E-state index contributed by atoms with van der Waals surface area (Å²) in [7, 11) is -0.903. The average Bonchev–Trinajstić information content (AvgIpc) is 3.29. The lowest BCUT2D eigenvalue weighted by Gasteiger charge is -2.32. The van der Waals surface area contributed by atoms with Crippen LogP contribution in [-0.2, 0) is 17.8 Å². The second-order valence-corrected chi connectivity index (χ2v) is 12.9. The van der Waals surface area contributed by atoms with Crippen molar-refractivity contribution < 1.29 is 17.7 Å². The number of rotatable bonds is 5. The van der Waals surface area contributed by atoms with Gasteiger partial charge in [-0.25, -0.2) is 9.97 Å². The van der Waals surface area contributed by atoms with E-state index in [1.54, 1.807) is 43.1 Å². The van der Waals surface area contributed by atoms with E-state index in [0.717, 1.165) is 11.8 Å². The quantitative estimate of drug-likeness (QED) is 0.352. The Morgan fingerprint density at radius 1 is 1.11 bits per heavy atom. The zero-order chi connectivity index (χ0) is 27.2. The Morgan fingerprint density at radius 2 is 1.84 bits per heavy atom. The van der Waals surface area contributed by atoms with E-state index in [1.807, 2.05) is 13.2 Å². The predicted octanol–water partition coefficient (Wildman–Crippen LogP) is 5.08. The number of fused-ring (bicyclic) bond motifs is 1. The Labute approximate surface area is 218 Å². The Bertz CT molecular complexity index is 1540. The van der Waals surface area contributed by atoms with Crippen LogP contribution in [0.4, 0.5) is 24.7 Å². The molecule has 1 atom stereocenters. The number of nitrogens with zero attached hydrogens (tertiary/aromatic N) is 6. The normalized spacial score (nSPS) is 16.6. The van der Waals surface area contributed by atoms with Crippen molar-refractivity contribution >= 4 is 35.0 Å². The van der Waals surface area contributed by atoms with E-state index < -0.39 is 24.9 Å². The topological polar surface area (TPSA) is 88.8 Å². The summed E-state index contributed by atoms with van der Waals surface area (Å²) < 4.78 is 56.2. The van der Waals surface area contributed by atoms with Gasteiger partial charge in [-0.15, -0.1) is 0 Å². The predicted molar refractivity (Wildman–Crippen MR) is 143 cm³/mol. The van der Waals surface area contributed by atoms with Crippen LogP contribution in [0.2, 0.25) is 0 Å². The van der Waals surface area contributed by atoms with Crippen molar-refractivity contribution in [2.24, 2.45) is 7.05 Å². The van der Waals surface area contributed by atoms with E-state index in [-0.39, 0.29) is 5.56 Å². The highest BCUT2D eigenvalue weighted by Crippen LogP contribution is 2.47. The first-order chi connectivity index (χ1) is 17.9. The molecule has 1 aliphatic heterocycles. The van der Waals surface area contributed by atoms with E-state index in [2.05, 4.69) is 30.3 Å². The molecule has 0 bridgehead atoms. The number of hydrogen-bond donors (Lipinski definition) is 1. The summed E-state index contributed by atoms with van der Waals surface area (Å²) in [5.74, 6) is 0.972. The van der Waals surface area contributed by atoms with Gasteiger partial charge in [0.05, 0.1) is 35.2 Å². The first-order valence-electron chi connectivity index (χ1n) is 12.3. The minimum Gasteiger partial charge on any atom is -0.368 e. The highest BCUT2D eigenvalue weighted by atomic mass is 31.2.